The summed E-state index contributed by atoms with van der Waals surface area (Å²) in [6.07, 6.45) is 3.90. The van der Waals surface area contributed by atoms with E-state index in [2.05, 4.69) is 16.8 Å². The monoisotopic (exact) mass is 208 g/mol. The van der Waals surface area contributed by atoms with Crippen LogP contribution in [0.5, 0.6) is 0 Å². The van der Waals surface area contributed by atoms with Gasteiger partial charge in [-0.1, -0.05) is 6.42 Å². The molecule has 3 heteroatoms. The molecule has 0 radical (unpaired) electrons. The van der Waals surface area contributed by atoms with E-state index in [-0.39, 0.29) is 0 Å². The third-order valence-electron chi connectivity index (χ3n) is 4.39. The summed E-state index contributed by atoms with van der Waals surface area (Å²) in [5.74, 6) is 1.20. The van der Waals surface area contributed by atoms with Crippen molar-refractivity contribution < 1.29 is 4.79 Å². The number of Topliss-reactive ketones (excluding diaryl/α,β-unsaturated/α-hetero) is 1. The van der Waals surface area contributed by atoms with Gasteiger partial charge in [-0.05, 0) is 26.4 Å². The minimum absolute atomic E-state index is 0.308. The molecular weight excluding hydrogens is 188 g/mol. The van der Waals surface area contributed by atoms with E-state index >= 15 is 0 Å². The van der Waals surface area contributed by atoms with Gasteiger partial charge in [0.2, 0.25) is 0 Å². The zero-order valence-corrected chi connectivity index (χ0v) is 9.48. The maximum Gasteiger partial charge on any atom is 0.144 e. The van der Waals surface area contributed by atoms with Gasteiger partial charge in [0, 0.05) is 37.5 Å². The molecule has 3 saturated heterocycles. The lowest BCUT2D eigenvalue weighted by molar-refractivity contribution is -0.142. The number of hydrogen-bond acceptors (Lipinski definition) is 3. The van der Waals surface area contributed by atoms with Crippen LogP contribution in [0.4, 0.5) is 0 Å². The summed E-state index contributed by atoms with van der Waals surface area (Å²) in [5, 5.41) is 0. The highest BCUT2D eigenvalue weighted by Gasteiger charge is 2.46. The third-order valence-corrected chi connectivity index (χ3v) is 4.39. The highest BCUT2D eigenvalue weighted by atomic mass is 16.1. The van der Waals surface area contributed by atoms with E-state index in [1.54, 1.807) is 0 Å². The van der Waals surface area contributed by atoms with Crippen molar-refractivity contribution in [3.8, 4) is 0 Å². The zero-order valence-electron chi connectivity index (χ0n) is 9.48. The summed E-state index contributed by atoms with van der Waals surface area (Å²) < 4.78 is 0. The van der Waals surface area contributed by atoms with Gasteiger partial charge in [-0.25, -0.2) is 0 Å². The fourth-order valence-electron chi connectivity index (χ4n) is 3.71. The Labute approximate surface area is 91.4 Å². The summed E-state index contributed by atoms with van der Waals surface area (Å²) in [4.78, 5) is 17.1. The first-order valence-corrected chi connectivity index (χ1v) is 6.22. The van der Waals surface area contributed by atoms with E-state index in [0.717, 1.165) is 19.6 Å². The number of piperidine rings is 3. The molecular formula is C12H20N2O. The van der Waals surface area contributed by atoms with Crippen molar-refractivity contribution in [1.29, 1.82) is 0 Å². The average Bonchev–Trinajstić information content (AvgIpc) is 2.21. The average molecular weight is 208 g/mol. The van der Waals surface area contributed by atoms with E-state index < -0.39 is 0 Å². The van der Waals surface area contributed by atoms with Gasteiger partial charge in [0.1, 0.15) is 5.78 Å². The van der Waals surface area contributed by atoms with Crippen LogP contribution in [0.15, 0.2) is 0 Å². The Morgan fingerprint density at radius 3 is 2.93 bits per heavy atom. The molecule has 3 unspecified atom stereocenters. The van der Waals surface area contributed by atoms with E-state index in [4.69, 9.17) is 0 Å². The van der Waals surface area contributed by atoms with Gasteiger partial charge in [-0.3, -0.25) is 9.69 Å². The molecule has 3 rings (SSSR count). The van der Waals surface area contributed by atoms with Crippen LogP contribution in [0.3, 0.4) is 0 Å². The topological polar surface area (TPSA) is 23.6 Å². The van der Waals surface area contributed by atoms with E-state index in [9.17, 15) is 4.79 Å². The number of carbonyl (C=O) groups excluding carboxylic acids is 1. The van der Waals surface area contributed by atoms with E-state index in [0.29, 0.717) is 23.7 Å². The third kappa shape index (κ3) is 1.53. The van der Waals surface area contributed by atoms with Gasteiger partial charge >= 0.3 is 0 Å². The van der Waals surface area contributed by atoms with E-state index in [1.165, 1.54) is 25.8 Å². The van der Waals surface area contributed by atoms with Crippen LogP contribution < -0.4 is 0 Å². The predicted octanol–water partition coefficient (Wildman–Crippen LogP) is 0.601. The molecule has 3 nitrogen and oxygen atoms in total. The van der Waals surface area contributed by atoms with Crippen LogP contribution in [0.1, 0.15) is 19.3 Å². The fourth-order valence-corrected chi connectivity index (χ4v) is 3.71. The normalized spacial score (nSPS) is 42.7. The zero-order chi connectivity index (χ0) is 10.4. The molecule has 3 aliphatic rings. The molecule has 3 atom stereocenters. The minimum Gasteiger partial charge on any atom is -0.305 e. The quantitative estimate of drug-likeness (QED) is 0.582. The van der Waals surface area contributed by atoms with Crippen molar-refractivity contribution >= 4 is 5.78 Å². The molecule has 3 fully saturated rings. The molecule has 0 saturated carbocycles. The van der Waals surface area contributed by atoms with Crippen molar-refractivity contribution in [1.82, 2.24) is 9.80 Å². The Balaban J connectivity index is 1.85. The molecule has 0 aromatic heterocycles. The lowest BCUT2D eigenvalue weighted by atomic mass is 9.75. The summed E-state index contributed by atoms with van der Waals surface area (Å²) >= 11 is 0. The number of nitrogens with zero attached hydrogens (tertiary/aromatic N) is 2. The summed E-state index contributed by atoms with van der Waals surface area (Å²) in [7, 11) is 2.16. The first-order valence-electron chi connectivity index (χ1n) is 6.22. The largest absolute Gasteiger partial charge is 0.305 e. The van der Waals surface area contributed by atoms with Crippen molar-refractivity contribution in [3.63, 3.8) is 0 Å². The van der Waals surface area contributed by atoms with Crippen molar-refractivity contribution in [2.24, 2.45) is 11.8 Å². The standard InChI is InChI=1S/C12H20N2O/c1-13-6-9-7-14-5-3-2-4-11(14)10(8-13)12(9)15/h9-11H,2-8H2,1H3. The van der Waals surface area contributed by atoms with Crippen molar-refractivity contribution in [2.75, 3.05) is 33.2 Å². The first kappa shape index (κ1) is 9.79. The molecule has 84 valence electrons. The lowest BCUT2D eigenvalue weighted by Crippen LogP contribution is -2.63. The number of likely N-dealkylation sites (tertiary alicyclic amines) is 1. The van der Waals surface area contributed by atoms with Gasteiger partial charge in [0.25, 0.3) is 0 Å². The molecule has 0 aliphatic carbocycles. The molecule has 3 heterocycles. The Morgan fingerprint density at radius 2 is 2.07 bits per heavy atom. The molecule has 0 N–H and O–H groups in total. The van der Waals surface area contributed by atoms with Crippen molar-refractivity contribution in [3.05, 3.63) is 0 Å². The Hall–Kier alpha value is -0.410. The molecule has 3 aliphatic heterocycles. The van der Waals surface area contributed by atoms with Crippen LogP contribution in [-0.4, -0.2) is 54.9 Å². The van der Waals surface area contributed by atoms with Crippen LogP contribution in [0.2, 0.25) is 0 Å². The summed E-state index contributed by atoms with van der Waals surface area (Å²) in [6.45, 7) is 4.24. The number of fused-ring (bicyclic) bond motifs is 4. The second-order valence-electron chi connectivity index (χ2n) is 5.49. The number of rotatable bonds is 0. The fraction of sp³-hybridized carbons (Fsp3) is 0.917. The number of carbonyl (C=O) groups is 1. The molecule has 15 heavy (non-hydrogen) atoms. The molecule has 0 spiro atoms. The number of hydrogen-bond donors (Lipinski definition) is 0. The summed E-state index contributed by atoms with van der Waals surface area (Å²) in [6, 6.07) is 0.574. The summed E-state index contributed by atoms with van der Waals surface area (Å²) in [5.41, 5.74) is 0. The highest BCUT2D eigenvalue weighted by Crippen LogP contribution is 2.34. The minimum atomic E-state index is 0.308. The number of ketones is 1. The second kappa shape index (κ2) is 3.56. The molecule has 0 aromatic rings. The predicted molar refractivity (Wildman–Crippen MR) is 58.7 cm³/mol. The van der Waals surface area contributed by atoms with Crippen molar-refractivity contribution in [2.45, 2.75) is 25.3 Å². The molecule has 2 bridgehead atoms. The van der Waals surface area contributed by atoms with Crippen LogP contribution >= 0.6 is 0 Å². The SMILES string of the molecule is CN1CC2CN3CCCCC3C(C1)C2=O. The van der Waals surface area contributed by atoms with Gasteiger partial charge in [-0.2, -0.15) is 0 Å². The maximum atomic E-state index is 12.2. The second-order valence-corrected chi connectivity index (χ2v) is 5.49. The van der Waals surface area contributed by atoms with Gasteiger partial charge in [0.05, 0.1) is 0 Å². The van der Waals surface area contributed by atoms with Crippen LogP contribution in [-0.2, 0) is 4.79 Å². The molecule has 0 aromatic carbocycles. The Bertz CT molecular complexity index is 279. The van der Waals surface area contributed by atoms with Gasteiger partial charge in [0.15, 0.2) is 0 Å². The van der Waals surface area contributed by atoms with Gasteiger partial charge in [-0.15, -0.1) is 0 Å². The maximum absolute atomic E-state index is 12.2. The van der Waals surface area contributed by atoms with Crippen LogP contribution in [0, 0.1) is 11.8 Å². The Kier molecular flexibility index (Phi) is 2.33. The van der Waals surface area contributed by atoms with Crippen LogP contribution in [0.25, 0.3) is 0 Å². The smallest absolute Gasteiger partial charge is 0.144 e. The highest BCUT2D eigenvalue weighted by molar-refractivity contribution is 5.86. The first-order chi connectivity index (χ1) is 7.25. The van der Waals surface area contributed by atoms with Gasteiger partial charge < -0.3 is 4.90 Å². The lowest BCUT2D eigenvalue weighted by Gasteiger charge is -2.50. The molecule has 0 amide bonds. The van der Waals surface area contributed by atoms with E-state index in [1.807, 2.05) is 0 Å². The Morgan fingerprint density at radius 1 is 1.20 bits per heavy atom.